The van der Waals surface area contributed by atoms with Crippen molar-refractivity contribution in [1.82, 2.24) is 10.6 Å². The molecule has 0 radical (unpaired) electrons. The zero-order chi connectivity index (χ0) is 32.6. The molecule has 0 aliphatic carbocycles. The summed E-state index contributed by atoms with van der Waals surface area (Å²) in [6.07, 6.45) is 0.477. The number of hydrogen-bond donors (Lipinski definition) is 3. The van der Waals surface area contributed by atoms with Crippen LogP contribution in [0.2, 0.25) is 5.02 Å². The molecular weight excluding hydrogens is 593 g/mol. The fraction of sp³-hybridized carbons (Fsp3) is 0.417. The number of allylic oxidation sites excluding steroid dienone is 1. The second kappa shape index (κ2) is 12.5. The summed E-state index contributed by atoms with van der Waals surface area (Å²) in [5.41, 5.74) is 3.28. The third-order valence-corrected chi connectivity index (χ3v) is 7.95. The van der Waals surface area contributed by atoms with E-state index in [0.29, 0.717) is 53.5 Å². The van der Waals surface area contributed by atoms with Gasteiger partial charge in [-0.15, -0.1) is 0 Å². The van der Waals surface area contributed by atoms with Gasteiger partial charge in [0.05, 0.1) is 6.54 Å². The summed E-state index contributed by atoms with van der Waals surface area (Å²) in [6, 6.07) is 16.7. The van der Waals surface area contributed by atoms with E-state index in [4.69, 9.17) is 25.8 Å². The van der Waals surface area contributed by atoms with E-state index in [1.807, 2.05) is 65.8 Å². The molecule has 45 heavy (non-hydrogen) atoms. The van der Waals surface area contributed by atoms with Crippen LogP contribution in [0.3, 0.4) is 0 Å². The molecule has 1 unspecified atom stereocenters. The Kier molecular flexibility index (Phi) is 9.00. The van der Waals surface area contributed by atoms with Crippen LogP contribution < -0.4 is 20.7 Å². The van der Waals surface area contributed by atoms with Crippen molar-refractivity contribution in [2.75, 3.05) is 25.0 Å². The van der Waals surface area contributed by atoms with Gasteiger partial charge in [-0.25, -0.2) is 9.18 Å². The van der Waals surface area contributed by atoms with Gasteiger partial charge in [0.25, 0.3) is 0 Å². The molecule has 240 valence electrons. The van der Waals surface area contributed by atoms with Crippen LogP contribution in [0, 0.1) is 5.82 Å². The number of hydrogen-bond acceptors (Lipinski definition) is 6. The second-order valence-corrected chi connectivity index (χ2v) is 14.1. The van der Waals surface area contributed by atoms with Gasteiger partial charge in [0.1, 0.15) is 22.8 Å². The van der Waals surface area contributed by atoms with Crippen molar-refractivity contribution in [2.45, 2.75) is 78.1 Å². The smallest absolute Gasteiger partial charge is 0.407 e. The van der Waals surface area contributed by atoms with Crippen LogP contribution in [0.5, 0.6) is 5.75 Å². The summed E-state index contributed by atoms with van der Waals surface area (Å²) in [4.78, 5) is 12.8. The van der Waals surface area contributed by atoms with Crippen LogP contribution in [0.1, 0.15) is 65.2 Å². The SMILES string of the molecule is C/C1=C(/OC(C)(C)C)NCCNc2cccc(F)c2-c2c(Cl)ccc3c2CC(CNC(=O)OC(C)(C)C)(O3)c2ccc(cc2)C1. The van der Waals surface area contributed by atoms with Crippen molar-refractivity contribution in [1.29, 1.82) is 0 Å². The Morgan fingerprint density at radius 3 is 2.38 bits per heavy atom. The molecule has 0 saturated heterocycles. The maximum absolute atomic E-state index is 15.8. The molecule has 4 bridgehead atoms. The summed E-state index contributed by atoms with van der Waals surface area (Å²) in [5.74, 6) is 0.905. The van der Waals surface area contributed by atoms with E-state index in [-0.39, 0.29) is 6.54 Å². The zero-order valence-electron chi connectivity index (χ0n) is 27.1. The van der Waals surface area contributed by atoms with Gasteiger partial charge in [-0.2, -0.15) is 0 Å². The van der Waals surface area contributed by atoms with Crippen LogP contribution >= 0.6 is 11.6 Å². The summed E-state index contributed by atoms with van der Waals surface area (Å²) in [6.45, 7) is 14.7. The lowest BCUT2D eigenvalue weighted by molar-refractivity contribution is 0.0383. The largest absolute Gasteiger partial charge is 0.480 e. The lowest BCUT2D eigenvalue weighted by atomic mass is 9.85. The zero-order valence-corrected chi connectivity index (χ0v) is 27.9. The second-order valence-electron chi connectivity index (χ2n) is 13.7. The number of alkyl carbamates (subject to hydrolysis) is 1. The van der Waals surface area contributed by atoms with Gasteiger partial charge in [0, 0.05) is 46.9 Å². The fourth-order valence-corrected chi connectivity index (χ4v) is 6.03. The molecule has 3 aliphatic rings. The predicted octanol–water partition coefficient (Wildman–Crippen LogP) is 8.11. The Morgan fingerprint density at radius 1 is 0.978 bits per heavy atom. The molecule has 3 aromatic carbocycles. The van der Waals surface area contributed by atoms with Gasteiger partial charge in [0.2, 0.25) is 0 Å². The number of ether oxygens (including phenoxy) is 3. The first kappa shape index (κ1) is 32.5. The lowest BCUT2D eigenvalue weighted by Gasteiger charge is -2.30. The van der Waals surface area contributed by atoms with Crippen molar-refractivity contribution in [3.05, 3.63) is 93.6 Å². The molecule has 1 amide bonds. The van der Waals surface area contributed by atoms with E-state index in [1.165, 1.54) is 6.07 Å². The highest BCUT2D eigenvalue weighted by molar-refractivity contribution is 6.33. The average molecular weight is 636 g/mol. The molecule has 6 rings (SSSR count). The summed E-state index contributed by atoms with van der Waals surface area (Å²) in [5, 5.41) is 10.2. The minimum absolute atomic E-state index is 0.127. The van der Waals surface area contributed by atoms with Gasteiger partial charge in [-0.3, -0.25) is 0 Å². The number of fused-ring (bicyclic) bond motifs is 7. The maximum Gasteiger partial charge on any atom is 0.407 e. The molecule has 3 N–H and O–H groups in total. The van der Waals surface area contributed by atoms with E-state index < -0.39 is 28.7 Å². The minimum atomic E-state index is -0.989. The van der Waals surface area contributed by atoms with Gasteiger partial charge in [0.15, 0.2) is 11.5 Å². The Balaban J connectivity index is 1.63. The van der Waals surface area contributed by atoms with Gasteiger partial charge >= 0.3 is 6.09 Å². The first-order valence-corrected chi connectivity index (χ1v) is 15.7. The maximum atomic E-state index is 15.8. The van der Waals surface area contributed by atoms with Crippen molar-refractivity contribution < 1.29 is 23.4 Å². The van der Waals surface area contributed by atoms with E-state index in [9.17, 15) is 4.79 Å². The normalized spacial score (nSPS) is 19.8. The van der Waals surface area contributed by atoms with Crippen LogP contribution in [0.15, 0.2) is 66.1 Å². The predicted molar refractivity (Wildman–Crippen MR) is 177 cm³/mol. The molecule has 9 heteroatoms. The Hall–Kier alpha value is -3.91. The van der Waals surface area contributed by atoms with Gasteiger partial charge < -0.3 is 30.2 Å². The van der Waals surface area contributed by atoms with Crippen molar-refractivity contribution in [3.8, 4) is 16.9 Å². The van der Waals surface area contributed by atoms with Gasteiger partial charge in [-0.1, -0.05) is 41.9 Å². The first-order valence-electron chi connectivity index (χ1n) is 15.4. The van der Waals surface area contributed by atoms with Crippen LogP contribution in [0.4, 0.5) is 14.9 Å². The molecule has 7 nitrogen and oxygen atoms in total. The monoisotopic (exact) mass is 635 g/mol. The molecular formula is C36H43ClFN3O4. The highest BCUT2D eigenvalue weighted by Gasteiger charge is 2.44. The summed E-state index contributed by atoms with van der Waals surface area (Å²) in [7, 11) is 0. The Labute approximate surface area is 270 Å². The number of halogens is 2. The van der Waals surface area contributed by atoms with Crippen molar-refractivity contribution in [3.63, 3.8) is 0 Å². The molecule has 3 heterocycles. The number of carbonyl (C=O) groups is 1. The molecule has 0 spiro atoms. The molecule has 1 atom stereocenters. The number of carbonyl (C=O) groups excluding carboxylic acids is 1. The van der Waals surface area contributed by atoms with E-state index in [0.717, 1.165) is 28.1 Å². The highest BCUT2D eigenvalue weighted by Crippen LogP contribution is 2.49. The average Bonchev–Trinajstić information content (AvgIpc) is 3.33. The third-order valence-electron chi connectivity index (χ3n) is 7.64. The fourth-order valence-electron chi connectivity index (χ4n) is 5.76. The number of rotatable bonds is 3. The molecule has 0 fully saturated rings. The van der Waals surface area contributed by atoms with Crippen molar-refractivity contribution in [2.24, 2.45) is 0 Å². The Bertz CT molecular complexity index is 1610. The first-order chi connectivity index (χ1) is 21.1. The number of amides is 1. The van der Waals surface area contributed by atoms with E-state index in [2.05, 4.69) is 35.0 Å². The summed E-state index contributed by atoms with van der Waals surface area (Å²) < 4.78 is 34.4. The van der Waals surface area contributed by atoms with Crippen LogP contribution in [-0.2, 0) is 27.9 Å². The topological polar surface area (TPSA) is 80.9 Å². The van der Waals surface area contributed by atoms with Gasteiger partial charge in [-0.05, 0) is 95.9 Å². The standard InChI is InChI=1S/C36H43ClFN3O4/c1-22-19-23-11-13-24(14-12-23)36(21-41-33(42)45-35(5,6)7)20-25-29(43-36)16-15-26(37)30(25)31-27(38)9-8-10-28(31)39-17-18-40-32(22)44-34(2,3)4/h8-16,39-40H,17-21H2,1-7H3,(H,41,42)/b32-22-. The quantitative estimate of drug-likeness (QED) is 0.270. The number of benzene rings is 3. The van der Waals surface area contributed by atoms with Crippen molar-refractivity contribution >= 4 is 23.4 Å². The number of nitrogens with one attached hydrogen (secondary N) is 3. The van der Waals surface area contributed by atoms with E-state index in [1.54, 1.807) is 12.1 Å². The van der Waals surface area contributed by atoms with Crippen LogP contribution in [0.25, 0.3) is 11.1 Å². The lowest BCUT2D eigenvalue weighted by Crippen LogP contribution is -2.45. The summed E-state index contributed by atoms with van der Waals surface area (Å²) >= 11 is 6.86. The molecule has 3 aliphatic heterocycles. The Morgan fingerprint density at radius 2 is 1.69 bits per heavy atom. The number of anilines is 1. The molecule has 0 aromatic heterocycles. The molecule has 0 saturated carbocycles. The molecule has 3 aromatic rings. The minimum Gasteiger partial charge on any atom is -0.480 e. The third kappa shape index (κ3) is 7.50. The van der Waals surface area contributed by atoms with Crippen LogP contribution in [-0.4, -0.2) is 36.9 Å². The highest BCUT2D eigenvalue weighted by atomic mass is 35.5. The van der Waals surface area contributed by atoms with E-state index >= 15 is 4.39 Å².